The molecule has 2 N–H and O–H groups in total. The summed E-state index contributed by atoms with van der Waals surface area (Å²) in [6, 6.07) is 1.57. The maximum Gasteiger partial charge on any atom is 0.303 e. The van der Waals surface area contributed by atoms with Crippen LogP contribution in [-0.2, 0) is 9.59 Å². The maximum atomic E-state index is 11.6. The highest BCUT2D eigenvalue weighted by Gasteiger charge is 2.13. The van der Waals surface area contributed by atoms with Crippen molar-refractivity contribution in [1.82, 2.24) is 9.97 Å². The topological polar surface area (TPSA) is 92.2 Å². The number of nitrogens with zero attached hydrogens (tertiary/aromatic N) is 2. The van der Waals surface area contributed by atoms with Gasteiger partial charge in [-0.05, 0) is 18.9 Å². The standard InChI is InChI=1S/C11H14ClN3O3/c1-6(4-10(17)18)3-9(16)15-11-13-7(2)5-8(12)14-11/h5-6H,3-4H2,1-2H3,(H,17,18)(H,13,14,15,16). The SMILES string of the molecule is Cc1cc(Cl)nc(NC(=O)CC(C)CC(=O)O)n1. The number of aliphatic carboxylic acids is 1. The molecular weight excluding hydrogens is 258 g/mol. The summed E-state index contributed by atoms with van der Waals surface area (Å²) in [5.74, 6) is -1.37. The second-order valence-electron chi connectivity index (χ2n) is 4.11. The van der Waals surface area contributed by atoms with Gasteiger partial charge in [-0.3, -0.25) is 14.9 Å². The highest BCUT2D eigenvalue weighted by molar-refractivity contribution is 6.29. The maximum absolute atomic E-state index is 11.6. The lowest BCUT2D eigenvalue weighted by Crippen LogP contribution is -2.18. The van der Waals surface area contributed by atoms with E-state index in [1.165, 1.54) is 0 Å². The lowest BCUT2D eigenvalue weighted by molar-refractivity contribution is -0.138. The predicted molar refractivity (Wildman–Crippen MR) is 66.4 cm³/mol. The number of carbonyl (C=O) groups excluding carboxylic acids is 1. The van der Waals surface area contributed by atoms with Gasteiger partial charge in [0.05, 0.1) is 0 Å². The Labute approximate surface area is 109 Å². The molecule has 1 unspecified atom stereocenters. The predicted octanol–water partition coefficient (Wildman–Crippen LogP) is 1.88. The molecule has 0 aromatic carbocycles. The van der Waals surface area contributed by atoms with Crippen molar-refractivity contribution < 1.29 is 14.7 Å². The van der Waals surface area contributed by atoms with Gasteiger partial charge in [-0.15, -0.1) is 0 Å². The number of nitrogens with one attached hydrogen (secondary N) is 1. The lowest BCUT2D eigenvalue weighted by atomic mass is 10.0. The number of hydrogen-bond donors (Lipinski definition) is 2. The van der Waals surface area contributed by atoms with E-state index in [1.54, 1.807) is 19.9 Å². The van der Waals surface area contributed by atoms with E-state index in [0.29, 0.717) is 5.69 Å². The number of anilines is 1. The Balaban J connectivity index is 2.56. The quantitative estimate of drug-likeness (QED) is 0.798. The number of carbonyl (C=O) groups is 2. The Kier molecular flexibility index (Phi) is 5.03. The van der Waals surface area contributed by atoms with Crippen LogP contribution in [0.3, 0.4) is 0 Å². The molecule has 0 fully saturated rings. The van der Waals surface area contributed by atoms with E-state index in [4.69, 9.17) is 16.7 Å². The summed E-state index contributed by atoms with van der Waals surface area (Å²) >= 11 is 5.73. The van der Waals surface area contributed by atoms with Crippen molar-refractivity contribution in [2.24, 2.45) is 5.92 Å². The zero-order valence-electron chi connectivity index (χ0n) is 10.1. The van der Waals surface area contributed by atoms with E-state index in [2.05, 4.69) is 15.3 Å². The second kappa shape index (κ2) is 6.30. The summed E-state index contributed by atoms with van der Waals surface area (Å²) in [5.41, 5.74) is 0.642. The number of hydrogen-bond acceptors (Lipinski definition) is 4. The smallest absolute Gasteiger partial charge is 0.303 e. The lowest BCUT2D eigenvalue weighted by Gasteiger charge is -2.08. The van der Waals surface area contributed by atoms with Gasteiger partial charge in [-0.2, -0.15) is 0 Å². The van der Waals surface area contributed by atoms with Gasteiger partial charge in [0.25, 0.3) is 0 Å². The van der Waals surface area contributed by atoms with Crippen molar-refractivity contribution in [1.29, 1.82) is 0 Å². The third kappa shape index (κ3) is 5.09. The first kappa shape index (κ1) is 14.4. The van der Waals surface area contributed by atoms with E-state index in [-0.39, 0.29) is 35.8 Å². The van der Waals surface area contributed by atoms with Gasteiger partial charge in [0.2, 0.25) is 11.9 Å². The number of amides is 1. The van der Waals surface area contributed by atoms with Gasteiger partial charge in [-0.25, -0.2) is 9.97 Å². The van der Waals surface area contributed by atoms with Gasteiger partial charge in [0.1, 0.15) is 5.15 Å². The largest absolute Gasteiger partial charge is 0.481 e. The fourth-order valence-electron chi connectivity index (χ4n) is 1.45. The van der Waals surface area contributed by atoms with Crippen LogP contribution in [0.25, 0.3) is 0 Å². The van der Waals surface area contributed by atoms with Crippen LogP contribution in [0, 0.1) is 12.8 Å². The second-order valence-corrected chi connectivity index (χ2v) is 4.50. The van der Waals surface area contributed by atoms with E-state index < -0.39 is 5.97 Å². The van der Waals surface area contributed by atoms with Gasteiger partial charge in [0, 0.05) is 18.5 Å². The van der Waals surface area contributed by atoms with E-state index in [1.807, 2.05) is 0 Å². The molecule has 1 aromatic heterocycles. The van der Waals surface area contributed by atoms with Crippen LogP contribution in [0.5, 0.6) is 0 Å². The van der Waals surface area contributed by atoms with E-state index in [9.17, 15) is 9.59 Å². The Morgan fingerprint density at radius 3 is 2.67 bits per heavy atom. The van der Waals surface area contributed by atoms with Crippen LogP contribution >= 0.6 is 11.6 Å². The number of carboxylic acids is 1. The van der Waals surface area contributed by atoms with Crippen molar-refractivity contribution in [2.45, 2.75) is 26.7 Å². The first-order valence-corrected chi connectivity index (χ1v) is 5.77. The van der Waals surface area contributed by atoms with Crippen LogP contribution < -0.4 is 5.32 Å². The third-order valence-electron chi connectivity index (χ3n) is 2.13. The fourth-order valence-corrected chi connectivity index (χ4v) is 1.69. The van der Waals surface area contributed by atoms with Crippen LogP contribution in [0.1, 0.15) is 25.5 Å². The van der Waals surface area contributed by atoms with Gasteiger partial charge in [-0.1, -0.05) is 18.5 Å². The molecule has 0 saturated carbocycles. The molecular formula is C11H14ClN3O3. The highest BCUT2D eigenvalue weighted by atomic mass is 35.5. The summed E-state index contributed by atoms with van der Waals surface area (Å²) < 4.78 is 0. The highest BCUT2D eigenvalue weighted by Crippen LogP contribution is 2.12. The zero-order chi connectivity index (χ0) is 13.7. The Morgan fingerprint density at radius 2 is 2.11 bits per heavy atom. The fraction of sp³-hybridized carbons (Fsp3) is 0.455. The minimum atomic E-state index is -0.926. The molecule has 1 aromatic rings. The van der Waals surface area contributed by atoms with Gasteiger partial charge >= 0.3 is 5.97 Å². The molecule has 1 rings (SSSR count). The van der Waals surface area contributed by atoms with E-state index >= 15 is 0 Å². The van der Waals surface area contributed by atoms with E-state index in [0.717, 1.165) is 0 Å². The molecule has 1 heterocycles. The van der Waals surface area contributed by atoms with Crippen molar-refractivity contribution in [2.75, 3.05) is 5.32 Å². The molecule has 0 aliphatic carbocycles. The number of carboxylic acid groups (broad SMARTS) is 1. The molecule has 0 radical (unpaired) electrons. The molecule has 6 nitrogen and oxygen atoms in total. The van der Waals surface area contributed by atoms with Crippen LogP contribution in [0.2, 0.25) is 5.15 Å². The third-order valence-corrected chi connectivity index (χ3v) is 2.32. The van der Waals surface area contributed by atoms with Crippen molar-refractivity contribution in [3.05, 3.63) is 16.9 Å². The minimum absolute atomic E-state index is 0.0527. The molecule has 0 aliphatic rings. The molecule has 18 heavy (non-hydrogen) atoms. The van der Waals surface area contributed by atoms with Crippen LogP contribution in [0.15, 0.2) is 6.07 Å². The summed E-state index contributed by atoms with van der Waals surface area (Å²) in [6.45, 7) is 3.42. The summed E-state index contributed by atoms with van der Waals surface area (Å²) in [7, 11) is 0. The molecule has 0 spiro atoms. The number of rotatable bonds is 5. The first-order valence-electron chi connectivity index (χ1n) is 5.39. The normalized spacial score (nSPS) is 11.9. The van der Waals surface area contributed by atoms with Crippen LogP contribution in [0.4, 0.5) is 5.95 Å². The number of aryl methyl sites for hydroxylation is 1. The summed E-state index contributed by atoms with van der Waals surface area (Å²) in [6.07, 6.45) is 0.0457. The number of aromatic nitrogens is 2. The molecule has 1 atom stereocenters. The average molecular weight is 272 g/mol. The Bertz CT molecular complexity index is 445. The molecule has 0 aliphatic heterocycles. The number of halogens is 1. The zero-order valence-corrected chi connectivity index (χ0v) is 10.9. The molecule has 98 valence electrons. The first-order chi connectivity index (χ1) is 8.36. The van der Waals surface area contributed by atoms with Crippen molar-refractivity contribution in [3.8, 4) is 0 Å². The monoisotopic (exact) mass is 271 g/mol. The molecule has 0 bridgehead atoms. The van der Waals surface area contributed by atoms with Gasteiger partial charge < -0.3 is 5.11 Å². The molecule has 0 saturated heterocycles. The van der Waals surface area contributed by atoms with Crippen molar-refractivity contribution in [3.63, 3.8) is 0 Å². The summed E-state index contributed by atoms with van der Waals surface area (Å²) in [4.78, 5) is 29.9. The molecule has 7 heteroatoms. The van der Waals surface area contributed by atoms with Crippen LogP contribution in [-0.4, -0.2) is 27.0 Å². The summed E-state index contributed by atoms with van der Waals surface area (Å²) in [5, 5.41) is 11.3. The minimum Gasteiger partial charge on any atom is -0.481 e. The van der Waals surface area contributed by atoms with Gasteiger partial charge in [0.15, 0.2) is 0 Å². The Hall–Kier alpha value is -1.69. The average Bonchev–Trinajstić information content (AvgIpc) is 2.12. The Morgan fingerprint density at radius 1 is 1.44 bits per heavy atom. The van der Waals surface area contributed by atoms with Crippen molar-refractivity contribution >= 4 is 29.4 Å². The molecule has 1 amide bonds.